The molecular weight excluding hydrogens is 268 g/mol. The zero-order chi connectivity index (χ0) is 15.5. The number of aliphatic hydroxyl groups excluding tert-OH is 2. The molecule has 0 unspecified atom stereocenters. The van der Waals surface area contributed by atoms with E-state index < -0.39 is 30.3 Å². The van der Waals surface area contributed by atoms with Crippen molar-refractivity contribution in [2.24, 2.45) is 10.7 Å². The van der Waals surface area contributed by atoms with Crippen LogP contribution in [0.15, 0.2) is 16.4 Å². The molecule has 114 valence electrons. The van der Waals surface area contributed by atoms with Gasteiger partial charge in [0.15, 0.2) is 11.8 Å². The molecule has 0 aromatic heterocycles. The third-order valence-corrected chi connectivity index (χ3v) is 3.07. The number of aliphatic imine (C=N–C) groups is 1. The molecule has 0 saturated heterocycles. The SMILES string of the molecule is COC1=C(N)C[C@](O)(CO)CC1=N[C@H](C(=O)O)[C@@H](C)O. The topological polar surface area (TPSA) is 146 Å². The second kappa shape index (κ2) is 6.21. The Morgan fingerprint density at radius 3 is 2.55 bits per heavy atom. The highest BCUT2D eigenvalue weighted by Gasteiger charge is 2.37. The minimum absolute atomic E-state index is 0.00188. The Hall–Kier alpha value is -1.64. The lowest BCUT2D eigenvalue weighted by Crippen LogP contribution is -2.43. The van der Waals surface area contributed by atoms with Crippen molar-refractivity contribution in [3.8, 4) is 0 Å². The van der Waals surface area contributed by atoms with Crippen molar-refractivity contribution in [2.45, 2.75) is 37.5 Å². The first-order valence-electron chi connectivity index (χ1n) is 6.08. The van der Waals surface area contributed by atoms with Crippen LogP contribution in [-0.2, 0) is 9.53 Å². The molecule has 8 heteroatoms. The van der Waals surface area contributed by atoms with E-state index in [1.54, 1.807) is 0 Å². The predicted octanol–water partition coefficient (Wildman–Crippen LogP) is -1.40. The molecule has 3 atom stereocenters. The number of carbonyl (C=O) groups is 1. The predicted molar refractivity (Wildman–Crippen MR) is 70.0 cm³/mol. The number of aliphatic carboxylic acids is 1. The quantitative estimate of drug-likeness (QED) is 0.418. The van der Waals surface area contributed by atoms with Gasteiger partial charge in [0.25, 0.3) is 0 Å². The number of aliphatic hydroxyl groups is 3. The van der Waals surface area contributed by atoms with Gasteiger partial charge < -0.3 is 30.9 Å². The molecule has 0 bridgehead atoms. The van der Waals surface area contributed by atoms with Crippen LogP contribution in [0.5, 0.6) is 0 Å². The summed E-state index contributed by atoms with van der Waals surface area (Å²) in [5, 5.41) is 37.8. The summed E-state index contributed by atoms with van der Waals surface area (Å²) in [4.78, 5) is 15.0. The molecule has 1 rings (SSSR count). The van der Waals surface area contributed by atoms with Gasteiger partial charge in [-0.15, -0.1) is 0 Å². The fourth-order valence-electron chi connectivity index (χ4n) is 2.08. The molecule has 0 spiro atoms. The zero-order valence-corrected chi connectivity index (χ0v) is 11.4. The molecule has 0 radical (unpaired) electrons. The van der Waals surface area contributed by atoms with E-state index in [2.05, 4.69) is 4.99 Å². The molecule has 0 aromatic carbocycles. The van der Waals surface area contributed by atoms with Crippen LogP contribution in [0.3, 0.4) is 0 Å². The number of methoxy groups -OCH3 is 1. The highest BCUT2D eigenvalue weighted by molar-refractivity contribution is 6.01. The van der Waals surface area contributed by atoms with Gasteiger partial charge in [-0.3, -0.25) is 4.99 Å². The van der Waals surface area contributed by atoms with Crippen LogP contribution in [0.1, 0.15) is 19.8 Å². The van der Waals surface area contributed by atoms with Crippen LogP contribution < -0.4 is 5.73 Å². The summed E-state index contributed by atoms with van der Waals surface area (Å²) in [5.41, 5.74) is 4.53. The van der Waals surface area contributed by atoms with Crippen molar-refractivity contribution < 1.29 is 30.0 Å². The monoisotopic (exact) mass is 288 g/mol. The molecule has 0 heterocycles. The van der Waals surface area contributed by atoms with Gasteiger partial charge in [0.1, 0.15) is 0 Å². The van der Waals surface area contributed by atoms with Gasteiger partial charge in [0.2, 0.25) is 0 Å². The second-order valence-corrected chi connectivity index (χ2v) is 4.89. The minimum Gasteiger partial charge on any atom is -0.493 e. The van der Waals surface area contributed by atoms with Crippen molar-refractivity contribution in [1.29, 1.82) is 0 Å². The Morgan fingerprint density at radius 2 is 2.15 bits per heavy atom. The Morgan fingerprint density at radius 1 is 1.55 bits per heavy atom. The van der Waals surface area contributed by atoms with E-state index in [0.29, 0.717) is 0 Å². The molecular formula is C12H20N2O6. The first-order valence-corrected chi connectivity index (χ1v) is 6.08. The largest absolute Gasteiger partial charge is 0.493 e. The molecule has 0 fully saturated rings. The Labute approximate surface area is 116 Å². The smallest absolute Gasteiger partial charge is 0.331 e. The highest BCUT2D eigenvalue weighted by atomic mass is 16.5. The van der Waals surface area contributed by atoms with Gasteiger partial charge in [-0.2, -0.15) is 0 Å². The minimum atomic E-state index is -1.51. The van der Waals surface area contributed by atoms with Crippen molar-refractivity contribution in [3.63, 3.8) is 0 Å². The van der Waals surface area contributed by atoms with Crippen molar-refractivity contribution in [1.82, 2.24) is 0 Å². The number of allylic oxidation sites excluding steroid dienone is 1. The third kappa shape index (κ3) is 3.47. The Balaban J connectivity index is 3.24. The number of ether oxygens (including phenoxy) is 1. The van der Waals surface area contributed by atoms with Gasteiger partial charge in [-0.1, -0.05) is 0 Å². The lowest BCUT2D eigenvalue weighted by atomic mass is 9.85. The van der Waals surface area contributed by atoms with E-state index in [0.717, 1.165) is 0 Å². The average Bonchev–Trinajstić information content (AvgIpc) is 2.34. The summed E-state index contributed by atoms with van der Waals surface area (Å²) in [5.74, 6) is -1.13. The van der Waals surface area contributed by atoms with E-state index in [-0.39, 0.29) is 30.0 Å². The number of carboxylic acids is 1. The van der Waals surface area contributed by atoms with Gasteiger partial charge in [-0.05, 0) is 6.92 Å². The Kier molecular flexibility index (Phi) is 5.09. The third-order valence-electron chi connectivity index (χ3n) is 3.07. The normalized spacial score (nSPS) is 28.4. The molecule has 0 aromatic rings. The molecule has 1 aliphatic rings. The number of nitrogens with zero attached hydrogens (tertiary/aromatic N) is 1. The summed E-state index contributed by atoms with van der Waals surface area (Å²) in [7, 11) is 1.35. The summed E-state index contributed by atoms with van der Waals surface area (Å²) in [6, 6.07) is -1.40. The molecule has 0 aliphatic heterocycles. The summed E-state index contributed by atoms with van der Waals surface area (Å²) < 4.78 is 5.07. The van der Waals surface area contributed by atoms with Crippen molar-refractivity contribution in [2.75, 3.05) is 13.7 Å². The molecule has 8 nitrogen and oxygen atoms in total. The summed E-state index contributed by atoms with van der Waals surface area (Å²) in [6.45, 7) is 0.750. The average molecular weight is 288 g/mol. The summed E-state index contributed by atoms with van der Waals surface area (Å²) >= 11 is 0. The lowest BCUT2D eigenvalue weighted by Gasteiger charge is -2.32. The summed E-state index contributed by atoms with van der Waals surface area (Å²) in [6.07, 6.45) is -1.33. The van der Waals surface area contributed by atoms with Crippen LogP contribution in [0.2, 0.25) is 0 Å². The van der Waals surface area contributed by atoms with Gasteiger partial charge in [-0.25, -0.2) is 4.79 Å². The maximum atomic E-state index is 11.1. The van der Waals surface area contributed by atoms with E-state index in [9.17, 15) is 20.1 Å². The number of nitrogens with two attached hydrogens (primary N) is 1. The van der Waals surface area contributed by atoms with Crippen LogP contribution >= 0.6 is 0 Å². The first-order chi connectivity index (χ1) is 9.24. The van der Waals surface area contributed by atoms with Gasteiger partial charge >= 0.3 is 5.97 Å². The first kappa shape index (κ1) is 16.4. The number of carboxylic acid groups (broad SMARTS) is 1. The zero-order valence-electron chi connectivity index (χ0n) is 11.4. The fraction of sp³-hybridized carbons (Fsp3) is 0.667. The van der Waals surface area contributed by atoms with Crippen LogP contribution in [-0.4, -0.2) is 63.6 Å². The maximum absolute atomic E-state index is 11.1. The number of hydrogen-bond acceptors (Lipinski definition) is 7. The van der Waals surface area contributed by atoms with Crippen LogP contribution in [0, 0.1) is 0 Å². The Bertz CT molecular complexity index is 445. The fourth-order valence-corrected chi connectivity index (χ4v) is 2.08. The number of hydrogen-bond donors (Lipinski definition) is 5. The molecule has 0 amide bonds. The van der Waals surface area contributed by atoms with Crippen molar-refractivity contribution >= 4 is 11.7 Å². The molecule has 20 heavy (non-hydrogen) atoms. The molecule has 1 aliphatic carbocycles. The van der Waals surface area contributed by atoms with Crippen molar-refractivity contribution in [3.05, 3.63) is 11.5 Å². The van der Waals surface area contributed by atoms with E-state index in [4.69, 9.17) is 15.6 Å². The van der Waals surface area contributed by atoms with Gasteiger partial charge in [0, 0.05) is 12.8 Å². The number of rotatable bonds is 5. The van der Waals surface area contributed by atoms with Crippen LogP contribution in [0.25, 0.3) is 0 Å². The molecule has 6 N–H and O–H groups in total. The van der Waals surface area contributed by atoms with Crippen LogP contribution in [0.4, 0.5) is 0 Å². The maximum Gasteiger partial charge on any atom is 0.331 e. The lowest BCUT2D eigenvalue weighted by molar-refractivity contribution is -0.140. The van der Waals surface area contributed by atoms with Gasteiger partial charge in [0.05, 0.1) is 36.8 Å². The second-order valence-electron chi connectivity index (χ2n) is 4.89. The highest BCUT2D eigenvalue weighted by Crippen LogP contribution is 2.29. The van der Waals surface area contributed by atoms with E-state index >= 15 is 0 Å². The van der Waals surface area contributed by atoms with E-state index in [1.165, 1.54) is 14.0 Å². The standard InChI is InChI=1S/C12H20N2O6/c1-6(16)9(11(17)18)14-8-4-12(19,5-15)3-7(13)10(8)20-2/h6,9,15-16,19H,3-5,13H2,1-2H3,(H,17,18)/t6-,9+,12-/m1/s1. The molecule has 0 saturated carbocycles. The van der Waals surface area contributed by atoms with E-state index in [1.807, 2.05) is 0 Å².